The van der Waals surface area contributed by atoms with E-state index in [1.165, 1.54) is 0 Å². The highest BCUT2D eigenvalue weighted by Crippen LogP contribution is 2.34. The minimum atomic E-state index is -4.20. The summed E-state index contributed by atoms with van der Waals surface area (Å²) < 4.78 is 15.9. The lowest BCUT2D eigenvalue weighted by atomic mass is 10.1. The minimum Gasteiger partial charge on any atom is -0.491 e. The van der Waals surface area contributed by atoms with Crippen molar-refractivity contribution in [1.82, 2.24) is 0 Å². The summed E-state index contributed by atoms with van der Waals surface area (Å²) in [5, 5.41) is 9.35. The number of benzene rings is 1. The van der Waals surface area contributed by atoms with E-state index in [-0.39, 0.29) is 6.61 Å². The van der Waals surface area contributed by atoms with E-state index < -0.39 is 19.9 Å². The molecule has 0 heterocycles. The Morgan fingerprint density at radius 1 is 1.33 bits per heavy atom. The Bertz CT molecular complexity index is 423. The first-order valence-electron chi connectivity index (χ1n) is 5.46. The Labute approximate surface area is 106 Å². The lowest BCUT2D eigenvalue weighted by Crippen LogP contribution is -2.21. The zero-order valence-electron chi connectivity index (χ0n) is 9.90. The van der Waals surface area contributed by atoms with Crippen molar-refractivity contribution in [2.24, 2.45) is 0 Å². The standard InChI is InChI=1S/C12H17O5P/c1-2-3-10-4-6-12(7-5-10)17-8-11(13)9-18(14,15)16/h2,4-7,11,13H,1,3,8-9H2,(H2,14,15,16). The molecule has 1 unspecified atom stereocenters. The second kappa shape index (κ2) is 6.71. The first kappa shape index (κ1) is 14.9. The van der Waals surface area contributed by atoms with Crippen molar-refractivity contribution in [1.29, 1.82) is 0 Å². The molecule has 0 bridgehead atoms. The Balaban J connectivity index is 2.43. The molecule has 0 amide bonds. The van der Waals surface area contributed by atoms with Crippen molar-refractivity contribution >= 4 is 7.60 Å². The number of aliphatic hydroxyl groups excluding tert-OH is 1. The van der Waals surface area contributed by atoms with Gasteiger partial charge in [0.05, 0.1) is 12.3 Å². The summed E-state index contributed by atoms with van der Waals surface area (Å²) in [4.78, 5) is 17.3. The molecule has 0 saturated carbocycles. The molecule has 18 heavy (non-hydrogen) atoms. The summed E-state index contributed by atoms with van der Waals surface area (Å²) in [6, 6.07) is 7.21. The lowest BCUT2D eigenvalue weighted by molar-refractivity contribution is 0.120. The fourth-order valence-electron chi connectivity index (χ4n) is 1.41. The first-order chi connectivity index (χ1) is 8.40. The number of aliphatic hydroxyl groups is 1. The fourth-order valence-corrected chi connectivity index (χ4v) is 2.06. The number of ether oxygens (including phenoxy) is 1. The number of allylic oxidation sites excluding steroid dienone is 1. The van der Waals surface area contributed by atoms with E-state index in [9.17, 15) is 9.67 Å². The van der Waals surface area contributed by atoms with Crippen LogP contribution in [0.4, 0.5) is 0 Å². The van der Waals surface area contributed by atoms with Crippen LogP contribution in [0.15, 0.2) is 36.9 Å². The number of hydrogen-bond donors (Lipinski definition) is 3. The monoisotopic (exact) mass is 272 g/mol. The maximum Gasteiger partial charge on any atom is 0.328 e. The average molecular weight is 272 g/mol. The van der Waals surface area contributed by atoms with Crippen molar-refractivity contribution in [3.63, 3.8) is 0 Å². The highest BCUT2D eigenvalue weighted by molar-refractivity contribution is 7.51. The van der Waals surface area contributed by atoms with E-state index in [0.717, 1.165) is 12.0 Å². The van der Waals surface area contributed by atoms with Crippen LogP contribution in [0.1, 0.15) is 5.56 Å². The Morgan fingerprint density at radius 2 is 1.94 bits per heavy atom. The van der Waals surface area contributed by atoms with Crippen LogP contribution in [0, 0.1) is 0 Å². The molecule has 0 fully saturated rings. The highest BCUT2D eigenvalue weighted by atomic mass is 31.2. The van der Waals surface area contributed by atoms with E-state index in [1.54, 1.807) is 18.2 Å². The lowest BCUT2D eigenvalue weighted by Gasteiger charge is -2.13. The normalized spacial score (nSPS) is 13.1. The number of hydrogen-bond acceptors (Lipinski definition) is 3. The SMILES string of the molecule is C=CCc1ccc(OCC(O)CP(=O)(O)O)cc1. The zero-order valence-corrected chi connectivity index (χ0v) is 10.8. The summed E-state index contributed by atoms with van der Waals surface area (Å²) >= 11 is 0. The predicted octanol–water partition coefficient (Wildman–Crippen LogP) is 1.33. The third-order valence-corrected chi connectivity index (χ3v) is 3.09. The third kappa shape index (κ3) is 5.98. The summed E-state index contributed by atoms with van der Waals surface area (Å²) in [5.74, 6) is 0.549. The molecule has 1 aromatic carbocycles. The fraction of sp³-hybridized carbons (Fsp3) is 0.333. The highest BCUT2D eigenvalue weighted by Gasteiger charge is 2.19. The molecule has 1 atom stereocenters. The van der Waals surface area contributed by atoms with Gasteiger partial charge in [0, 0.05) is 0 Å². The van der Waals surface area contributed by atoms with Gasteiger partial charge in [0.25, 0.3) is 0 Å². The second-order valence-corrected chi connectivity index (χ2v) is 5.64. The summed E-state index contributed by atoms with van der Waals surface area (Å²) in [5.41, 5.74) is 1.09. The molecule has 0 saturated heterocycles. The molecule has 1 rings (SSSR count). The smallest absolute Gasteiger partial charge is 0.328 e. The predicted molar refractivity (Wildman–Crippen MR) is 68.8 cm³/mol. The maximum absolute atomic E-state index is 10.6. The van der Waals surface area contributed by atoms with Gasteiger partial charge in [0.2, 0.25) is 0 Å². The molecule has 0 aliphatic heterocycles. The van der Waals surface area contributed by atoms with Crippen LogP contribution in [0.2, 0.25) is 0 Å². The molecule has 1 aromatic rings. The first-order valence-corrected chi connectivity index (χ1v) is 7.26. The molecule has 100 valence electrons. The van der Waals surface area contributed by atoms with Gasteiger partial charge in [-0.2, -0.15) is 0 Å². The molecule has 0 aliphatic carbocycles. The summed E-state index contributed by atoms with van der Waals surface area (Å²) in [7, 11) is -4.20. The van der Waals surface area contributed by atoms with Gasteiger partial charge in [0.1, 0.15) is 12.4 Å². The quantitative estimate of drug-likeness (QED) is 0.515. The van der Waals surface area contributed by atoms with Crippen molar-refractivity contribution in [3.8, 4) is 5.75 Å². The molecular weight excluding hydrogens is 255 g/mol. The molecule has 0 radical (unpaired) electrons. The Hall–Kier alpha value is -1.13. The van der Waals surface area contributed by atoms with Crippen LogP contribution in [0.3, 0.4) is 0 Å². The zero-order chi connectivity index (χ0) is 13.6. The van der Waals surface area contributed by atoms with E-state index in [2.05, 4.69) is 6.58 Å². The van der Waals surface area contributed by atoms with Gasteiger partial charge in [-0.3, -0.25) is 4.57 Å². The topological polar surface area (TPSA) is 87.0 Å². The van der Waals surface area contributed by atoms with Gasteiger partial charge < -0.3 is 19.6 Å². The van der Waals surface area contributed by atoms with E-state index >= 15 is 0 Å². The molecule has 0 spiro atoms. The molecule has 0 aromatic heterocycles. The molecule has 6 heteroatoms. The largest absolute Gasteiger partial charge is 0.491 e. The Morgan fingerprint density at radius 3 is 2.44 bits per heavy atom. The van der Waals surface area contributed by atoms with Crippen molar-refractivity contribution < 1.29 is 24.2 Å². The summed E-state index contributed by atoms with van der Waals surface area (Å²) in [6.07, 6.45) is 0.779. The van der Waals surface area contributed by atoms with Gasteiger partial charge in [-0.25, -0.2) is 0 Å². The van der Waals surface area contributed by atoms with Crippen LogP contribution in [-0.4, -0.2) is 33.8 Å². The second-order valence-electron chi connectivity index (χ2n) is 3.95. The maximum atomic E-state index is 10.6. The summed E-state index contributed by atoms with van der Waals surface area (Å²) in [6.45, 7) is 3.49. The van der Waals surface area contributed by atoms with Crippen molar-refractivity contribution in [2.45, 2.75) is 12.5 Å². The van der Waals surface area contributed by atoms with Gasteiger partial charge in [-0.05, 0) is 24.1 Å². The van der Waals surface area contributed by atoms with E-state index in [0.29, 0.717) is 5.75 Å². The van der Waals surface area contributed by atoms with Crippen LogP contribution in [0.25, 0.3) is 0 Å². The molecule has 0 aliphatic rings. The van der Waals surface area contributed by atoms with E-state index in [1.807, 2.05) is 12.1 Å². The van der Waals surface area contributed by atoms with Crippen molar-refractivity contribution in [3.05, 3.63) is 42.5 Å². The van der Waals surface area contributed by atoms with Gasteiger partial charge in [-0.15, -0.1) is 6.58 Å². The molecule has 3 N–H and O–H groups in total. The van der Waals surface area contributed by atoms with Crippen LogP contribution in [0.5, 0.6) is 5.75 Å². The average Bonchev–Trinajstić information content (AvgIpc) is 2.26. The van der Waals surface area contributed by atoms with Crippen LogP contribution >= 0.6 is 7.60 Å². The molecule has 5 nitrogen and oxygen atoms in total. The molecular formula is C12H17O5P. The third-order valence-electron chi connectivity index (χ3n) is 2.19. The van der Waals surface area contributed by atoms with Gasteiger partial charge in [-0.1, -0.05) is 18.2 Å². The van der Waals surface area contributed by atoms with E-state index in [4.69, 9.17) is 14.5 Å². The van der Waals surface area contributed by atoms with Crippen molar-refractivity contribution in [2.75, 3.05) is 12.8 Å². The minimum absolute atomic E-state index is 0.147. The van der Waals surface area contributed by atoms with Gasteiger partial charge in [0.15, 0.2) is 0 Å². The Kier molecular flexibility index (Phi) is 5.56. The number of rotatable bonds is 7. The van der Waals surface area contributed by atoms with Gasteiger partial charge >= 0.3 is 7.60 Å². The van der Waals surface area contributed by atoms with Crippen LogP contribution in [-0.2, 0) is 11.0 Å². The van der Waals surface area contributed by atoms with Crippen LogP contribution < -0.4 is 4.74 Å².